The van der Waals surface area contributed by atoms with E-state index in [0.717, 1.165) is 49.2 Å². The molecule has 0 amide bonds. The lowest BCUT2D eigenvalue weighted by molar-refractivity contribution is 0.324. The molecule has 3 rings (SSSR count). The topological polar surface area (TPSA) is 68.8 Å². The molecular weight excluding hydrogens is 266 g/mol. The van der Waals surface area contributed by atoms with Gasteiger partial charge in [-0.1, -0.05) is 19.0 Å². The van der Waals surface area contributed by atoms with Crippen molar-refractivity contribution in [2.24, 2.45) is 5.92 Å². The van der Waals surface area contributed by atoms with E-state index >= 15 is 0 Å². The van der Waals surface area contributed by atoms with Gasteiger partial charge in [-0.15, -0.1) is 10.2 Å². The molecule has 1 atom stereocenters. The second-order valence-electron chi connectivity index (χ2n) is 6.21. The molecule has 0 saturated carbocycles. The van der Waals surface area contributed by atoms with Crippen molar-refractivity contribution in [1.82, 2.24) is 25.2 Å². The van der Waals surface area contributed by atoms with Crippen LogP contribution in [0.25, 0.3) is 0 Å². The summed E-state index contributed by atoms with van der Waals surface area (Å²) in [6.45, 7) is 9.02. The van der Waals surface area contributed by atoms with E-state index in [2.05, 4.69) is 39.1 Å². The van der Waals surface area contributed by atoms with E-state index in [-0.39, 0.29) is 0 Å². The molecule has 1 N–H and O–H groups in total. The normalized spacial score (nSPS) is 18.2. The molecule has 2 aromatic rings. The SMILES string of the molecule is Cc1cc(CNC[C@@H]2CCc3nnc(C(C)C)n3C2)on1. The van der Waals surface area contributed by atoms with E-state index in [9.17, 15) is 0 Å². The van der Waals surface area contributed by atoms with Crippen LogP contribution in [0.1, 0.15) is 49.3 Å². The highest BCUT2D eigenvalue weighted by atomic mass is 16.5. The van der Waals surface area contributed by atoms with Gasteiger partial charge in [-0.3, -0.25) is 0 Å². The third kappa shape index (κ3) is 3.15. The molecule has 6 nitrogen and oxygen atoms in total. The molecule has 0 radical (unpaired) electrons. The summed E-state index contributed by atoms with van der Waals surface area (Å²) in [5.41, 5.74) is 0.931. The number of hydrogen-bond donors (Lipinski definition) is 1. The Morgan fingerprint density at radius 3 is 3.00 bits per heavy atom. The Morgan fingerprint density at radius 1 is 1.43 bits per heavy atom. The fourth-order valence-corrected chi connectivity index (χ4v) is 2.91. The highest BCUT2D eigenvalue weighted by molar-refractivity contribution is 5.04. The monoisotopic (exact) mass is 289 g/mol. The van der Waals surface area contributed by atoms with Gasteiger partial charge in [0, 0.05) is 31.5 Å². The van der Waals surface area contributed by atoms with E-state index in [0.29, 0.717) is 11.8 Å². The van der Waals surface area contributed by atoms with Gasteiger partial charge in [-0.25, -0.2) is 0 Å². The summed E-state index contributed by atoms with van der Waals surface area (Å²) < 4.78 is 7.52. The van der Waals surface area contributed by atoms with Crippen molar-refractivity contribution in [3.63, 3.8) is 0 Å². The Kier molecular flexibility index (Phi) is 4.05. The fourth-order valence-electron chi connectivity index (χ4n) is 2.91. The first-order valence-corrected chi connectivity index (χ1v) is 7.68. The van der Waals surface area contributed by atoms with Crippen molar-refractivity contribution in [1.29, 1.82) is 0 Å². The molecule has 1 aliphatic heterocycles. The first kappa shape index (κ1) is 14.3. The smallest absolute Gasteiger partial charge is 0.150 e. The van der Waals surface area contributed by atoms with Crippen molar-refractivity contribution < 1.29 is 4.52 Å². The number of hydrogen-bond acceptors (Lipinski definition) is 5. The second-order valence-corrected chi connectivity index (χ2v) is 6.21. The van der Waals surface area contributed by atoms with Crippen LogP contribution in [0, 0.1) is 12.8 Å². The molecule has 0 unspecified atom stereocenters. The molecule has 0 spiro atoms. The van der Waals surface area contributed by atoms with Gasteiger partial charge < -0.3 is 14.4 Å². The first-order valence-electron chi connectivity index (χ1n) is 7.68. The largest absolute Gasteiger partial charge is 0.360 e. The summed E-state index contributed by atoms with van der Waals surface area (Å²) in [5, 5.41) is 16.0. The maximum atomic E-state index is 5.21. The first-order chi connectivity index (χ1) is 10.1. The van der Waals surface area contributed by atoms with E-state index in [1.807, 2.05) is 13.0 Å². The van der Waals surface area contributed by atoms with E-state index in [4.69, 9.17) is 4.52 Å². The van der Waals surface area contributed by atoms with Gasteiger partial charge in [0.25, 0.3) is 0 Å². The zero-order valence-corrected chi connectivity index (χ0v) is 13.0. The van der Waals surface area contributed by atoms with Crippen molar-refractivity contribution in [3.05, 3.63) is 29.2 Å². The Morgan fingerprint density at radius 2 is 2.29 bits per heavy atom. The lowest BCUT2D eigenvalue weighted by atomic mass is 9.98. The van der Waals surface area contributed by atoms with Crippen LogP contribution in [0.4, 0.5) is 0 Å². The maximum absolute atomic E-state index is 5.21. The minimum atomic E-state index is 0.426. The van der Waals surface area contributed by atoms with Crippen LogP contribution in [-0.4, -0.2) is 26.5 Å². The van der Waals surface area contributed by atoms with Crippen LogP contribution in [0.3, 0.4) is 0 Å². The minimum Gasteiger partial charge on any atom is -0.360 e. The Balaban J connectivity index is 1.55. The summed E-state index contributed by atoms with van der Waals surface area (Å²) in [6.07, 6.45) is 2.19. The van der Waals surface area contributed by atoms with Crippen LogP contribution in [0.2, 0.25) is 0 Å². The van der Waals surface area contributed by atoms with Gasteiger partial charge >= 0.3 is 0 Å². The van der Waals surface area contributed by atoms with E-state index < -0.39 is 0 Å². The van der Waals surface area contributed by atoms with Gasteiger partial charge in [0.1, 0.15) is 11.6 Å². The van der Waals surface area contributed by atoms with E-state index in [1.54, 1.807) is 0 Å². The molecular formula is C15H23N5O. The second kappa shape index (κ2) is 5.97. The molecule has 3 heterocycles. The van der Waals surface area contributed by atoms with Gasteiger partial charge in [0.15, 0.2) is 5.76 Å². The third-order valence-electron chi connectivity index (χ3n) is 4.00. The van der Waals surface area contributed by atoms with Gasteiger partial charge in [-0.05, 0) is 19.3 Å². The molecule has 0 saturated heterocycles. The summed E-state index contributed by atoms with van der Waals surface area (Å²) >= 11 is 0. The zero-order chi connectivity index (χ0) is 14.8. The molecule has 2 aromatic heterocycles. The Labute approximate surface area is 124 Å². The van der Waals surface area contributed by atoms with Crippen LogP contribution in [0.5, 0.6) is 0 Å². The molecule has 1 aliphatic rings. The predicted octanol–water partition coefficient (Wildman–Crippen LogP) is 2.05. The van der Waals surface area contributed by atoms with Crippen LogP contribution < -0.4 is 5.32 Å². The maximum Gasteiger partial charge on any atom is 0.150 e. The summed E-state index contributed by atoms with van der Waals surface area (Å²) in [6, 6.07) is 1.97. The molecule has 0 aromatic carbocycles. The Hall–Kier alpha value is -1.69. The van der Waals surface area contributed by atoms with Crippen molar-refractivity contribution in [2.45, 2.75) is 52.6 Å². The lowest BCUT2D eigenvalue weighted by Crippen LogP contribution is -2.30. The molecule has 0 fully saturated rings. The molecule has 0 bridgehead atoms. The zero-order valence-electron chi connectivity index (χ0n) is 13.0. The summed E-state index contributed by atoms with van der Waals surface area (Å²) in [4.78, 5) is 0. The summed E-state index contributed by atoms with van der Waals surface area (Å²) in [5.74, 6) is 4.20. The standard InChI is InChI=1S/C15H23N5O/c1-10(2)15-18-17-14-5-4-12(9-20(14)15)7-16-8-13-6-11(3)19-21-13/h6,10,12,16H,4-5,7-9H2,1-3H3/t12-/m0/s1. The van der Waals surface area contributed by atoms with Crippen molar-refractivity contribution in [3.8, 4) is 0 Å². The Bertz CT molecular complexity index is 601. The minimum absolute atomic E-state index is 0.426. The highest BCUT2D eigenvalue weighted by Crippen LogP contribution is 2.23. The molecule has 6 heteroatoms. The molecule has 21 heavy (non-hydrogen) atoms. The number of nitrogens with one attached hydrogen (secondary N) is 1. The van der Waals surface area contributed by atoms with Gasteiger partial charge in [0.2, 0.25) is 0 Å². The van der Waals surface area contributed by atoms with Gasteiger partial charge in [0.05, 0.1) is 12.2 Å². The number of fused-ring (bicyclic) bond motifs is 1. The summed E-state index contributed by atoms with van der Waals surface area (Å²) in [7, 11) is 0. The predicted molar refractivity (Wildman–Crippen MR) is 78.9 cm³/mol. The van der Waals surface area contributed by atoms with Crippen LogP contribution in [-0.2, 0) is 19.5 Å². The number of aromatic nitrogens is 4. The average Bonchev–Trinajstić information content (AvgIpc) is 3.04. The van der Waals surface area contributed by atoms with Crippen molar-refractivity contribution >= 4 is 0 Å². The van der Waals surface area contributed by atoms with Crippen LogP contribution >= 0.6 is 0 Å². The number of rotatable bonds is 5. The quantitative estimate of drug-likeness (QED) is 0.912. The third-order valence-corrected chi connectivity index (χ3v) is 4.00. The number of aryl methyl sites for hydroxylation is 2. The van der Waals surface area contributed by atoms with Crippen LogP contribution in [0.15, 0.2) is 10.6 Å². The molecule has 0 aliphatic carbocycles. The lowest BCUT2D eigenvalue weighted by Gasteiger charge is -2.25. The fraction of sp³-hybridized carbons (Fsp3) is 0.667. The molecule has 114 valence electrons. The van der Waals surface area contributed by atoms with E-state index in [1.165, 1.54) is 6.42 Å². The average molecular weight is 289 g/mol. The van der Waals surface area contributed by atoms with Gasteiger partial charge in [-0.2, -0.15) is 0 Å². The highest BCUT2D eigenvalue weighted by Gasteiger charge is 2.23. The number of nitrogens with zero attached hydrogens (tertiary/aromatic N) is 4. The van der Waals surface area contributed by atoms with Crippen molar-refractivity contribution in [2.75, 3.05) is 6.54 Å².